The number of benzene rings is 1. The molecule has 1 atom stereocenters. The van der Waals surface area contributed by atoms with Crippen molar-refractivity contribution in [1.29, 1.82) is 0 Å². The highest BCUT2D eigenvalue weighted by atomic mass is 35.5. The van der Waals surface area contributed by atoms with Gasteiger partial charge in [-0.15, -0.1) is 0 Å². The van der Waals surface area contributed by atoms with Crippen molar-refractivity contribution in [3.05, 3.63) is 28.8 Å². The van der Waals surface area contributed by atoms with Crippen molar-refractivity contribution < 1.29 is 22.8 Å². The van der Waals surface area contributed by atoms with Crippen molar-refractivity contribution in [1.82, 2.24) is 15.1 Å². The van der Waals surface area contributed by atoms with Gasteiger partial charge in [-0.25, -0.2) is 0 Å². The molecule has 0 unspecified atom stereocenters. The lowest BCUT2D eigenvalue weighted by Crippen LogP contribution is -2.55. The first-order chi connectivity index (χ1) is 15.1. The maximum Gasteiger partial charge on any atom is 0.417 e. The molecule has 0 spiro atoms. The van der Waals surface area contributed by atoms with E-state index < -0.39 is 22.7 Å². The molecule has 6 nitrogen and oxygen atoms in total. The first-order valence-electron chi connectivity index (χ1n) is 11.1. The molecule has 0 aromatic heterocycles. The van der Waals surface area contributed by atoms with Gasteiger partial charge in [0, 0.05) is 37.9 Å². The summed E-state index contributed by atoms with van der Waals surface area (Å²) in [7, 11) is 0. The van der Waals surface area contributed by atoms with E-state index in [1.807, 2.05) is 11.8 Å². The molecule has 3 rings (SSSR count). The van der Waals surface area contributed by atoms with Crippen LogP contribution in [0, 0.1) is 0 Å². The van der Waals surface area contributed by atoms with Gasteiger partial charge in [0.15, 0.2) is 0 Å². The van der Waals surface area contributed by atoms with Crippen molar-refractivity contribution >= 4 is 29.1 Å². The van der Waals surface area contributed by atoms with Crippen molar-refractivity contribution in [2.75, 3.05) is 38.0 Å². The first-order valence-corrected chi connectivity index (χ1v) is 11.4. The number of rotatable bonds is 6. The van der Waals surface area contributed by atoms with E-state index in [-0.39, 0.29) is 30.2 Å². The third-order valence-electron chi connectivity index (χ3n) is 6.21. The maximum atomic E-state index is 13.0. The average Bonchev–Trinajstić information content (AvgIpc) is 2.75. The van der Waals surface area contributed by atoms with Gasteiger partial charge in [-0.05, 0) is 38.0 Å². The molecule has 1 aromatic carbocycles. The molecule has 0 bridgehead atoms. The van der Waals surface area contributed by atoms with Gasteiger partial charge in [0.1, 0.15) is 0 Å². The second-order valence-corrected chi connectivity index (χ2v) is 8.98. The molecule has 1 aliphatic carbocycles. The molecule has 1 saturated heterocycles. The maximum absolute atomic E-state index is 13.0. The smallest absolute Gasteiger partial charge is 0.352 e. The molecule has 32 heavy (non-hydrogen) atoms. The van der Waals surface area contributed by atoms with Crippen molar-refractivity contribution in [2.45, 2.75) is 57.3 Å². The Morgan fingerprint density at radius 3 is 2.41 bits per heavy atom. The molecule has 2 amide bonds. The molecule has 2 aliphatic rings. The van der Waals surface area contributed by atoms with Gasteiger partial charge in [0.25, 0.3) is 0 Å². The highest BCUT2D eigenvalue weighted by Crippen LogP contribution is 2.36. The van der Waals surface area contributed by atoms with E-state index in [9.17, 15) is 22.8 Å². The summed E-state index contributed by atoms with van der Waals surface area (Å²) < 4.78 is 39.0. The Morgan fingerprint density at radius 2 is 1.78 bits per heavy atom. The van der Waals surface area contributed by atoms with E-state index in [2.05, 4.69) is 15.5 Å². The van der Waals surface area contributed by atoms with Crippen molar-refractivity contribution in [2.24, 2.45) is 0 Å². The van der Waals surface area contributed by atoms with Crippen LogP contribution in [0.3, 0.4) is 0 Å². The quantitative estimate of drug-likeness (QED) is 0.659. The van der Waals surface area contributed by atoms with E-state index in [0.717, 1.165) is 37.8 Å². The molecule has 178 valence electrons. The van der Waals surface area contributed by atoms with Crippen LogP contribution in [0.5, 0.6) is 0 Å². The topological polar surface area (TPSA) is 64.7 Å². The Hall–Kier alpha value is -1.84. The van der Waals surface area contributed by atoms with Crippen molar-refractivity contribution in [3.63, 3.8) is 0 Å². The molecule has 1 heterocycles. The van der Waals surface area contributed by atoms with Gasteiger partial charge in [-0.1, -0.05) is 30.9 Å². The van der Waals surface area contributed by atoms with E-state index in [0.29, 0.717) is 26.2 Å². The van der Waals surface area contributed by atoms with Crippen LogP contribution < -0.4 is 10.6 Å². The lowest BCUT2D eigenvalue weighted by molar-refractivity contribution is -0.137. The predicted octanol–water partition coefficient (Wildman–Crippen LogP) is 3.75. The second kappa shape index (κ2) is 10.9. The minimum Gasteiger partial charge on any atom is -0.352 e. The fourth-order valence-electron chi connectivity index (χ4n) is 4.27. The number of hydrogen-bond donors (Lipinski definition) is 2. The third kappa shape index (κ3) is 6.83. The van der Waals surface area contributed by atoms with Crippen LogP contribution in [0.2, 0.25) is 5.02 Å². The Morgan fingerprint density at radius 1 is 1.12 bits per heavy atom. The highest BCUT2D eigenvalue weighted by molar-refractivity contribution is 6.31. The SMILES string of the molecule is C[C@H](C(=O)NC1CCCCC1)N1CCN(CC(=O)Nc2ccc(Cl)c(C(F)(F)F)c2)CC1. The molecular weight excluding hydrogens is 445 g/mol. The molecule has 2 N–H and O–H groups in total. The van der Waals surface area contributed by atoms with Gasteiger partial charge in [0.05, 0.1) is 23.2 Å². The van der Waals surface area contributed by atoms with E-state index in [1.165, 1.54) is 12.5 Å². The van der Waals surface area contributed by atoms with Crippen LogP contribution in [0.15, 0.2) is 18.2 Å². The normalized spacial score (nSPS) is 20.0. The zero-order chi connectivity index (χ0) is 23.3. The largest absolute Gasteiger partial charge is 0.417 e. The third-order valence-corrected chi connectivity index (χ3v) is 6.54. The summed E-state index contributed by atoms with van der Waals surface area (Å²) in [5, 5.41) is 5.26. The number of nitrogens with zero attached hydrogens (tertiary/aromatic N) is 2. The lowest BCUT2D eigenvalue weighted by atomic mass is 9.95. The minimum absolute atomic E-state index is 0.0475. The van der Waals surface area contributed by atoms with Crippen LogP contribution in [0.4, 0.5) is 18.9 Å². The van der Waals surface area contributed by atoms with Crippen molar-refractivity contribution in [3.8, 4) is 0 Å². The van der Waals surface area contributed by atoms with Crippen LogP contribution >= 0.6 is 11.6 Å². The average molecular weight is 475 g/mol. The first kappa shape index (κ1) is 24.8. The van der Waals surface area contributed by atoms with Gasteiger partial charge in [0.2, 0.25) is 11.8 Å². The van der Waals surface area contributed by atoms with E-state index >= 15 is 0 Å². The Labute approximate surface area is 191 Å². The molecule has 1 aromatic rings. The number of carbonyl (C=O) groups is 2. The Balaban J connectivity index is 1.44. The summed E-state index contributed by atoms with van der Waals surface area (Å²) >= 11 is 5.61. The highest BCUT2D eigenvalue weighted by Gasteiger charge is 2.33. The molecule has 0 radical (unpaired) electrons. The van der Waals surface area contributed by atoms with Crippen LogP contribution in [0.1, 0.15) is 44.6 Å². The minimum atomic E-state index is -4.59. The van der Waals surface area contributed by atoms with E-state index in [1.54, 1.807) is 0 Å². The standard InChI is InChI=1S/C22H30ClF3N4O2/c1-15(21(32)28-16-5-3-2-4-6-16)30-11-9-29(10-12-30)14-20(31)27-17-7-8-19(23)18(13-17)22(24,25)26/h7-8,13,15-16H,2-6,9-12,14H2,1H3,(H,27,31)(H,28,32)/t15-/m1/s1. The fourth-order valence-corrected chi connectivity index (χ4v) is 4.49. The van der Waals surface area contributed by atoms with Gasteiger partial charge < -0.3 is 10.6 Å². The number of amides is 2. The summed E-state index contributed by atoms with van der Waals surface area (Å²) in [6.07, 6.45) is 1.05. The number of anilines is 1. The van der Waals surface area contributed by atoms with Gasteiger partial charge in [-0.2, -0.15) is 13.2 Å². The summed E-state index contributed by atoms with van der Waals surface area (Å²) in [6, 6.07) is 3.35. The fraction of sp³-hybridized carbons (Fsp3) is 0.636. The number of piperazine rings is 1. The van der Waals surface area contributed by atoms with Crippen LogP contribution in [-0.2, 0) is 15.8 Å². The Bertz CT molecular complexity index is 807. The van der Waals surface area contributed by atoms with Gasteiger partial charge in [-0.3, -0.25) is 19.4 Å². The van der Waals surface area contributed by atoms with E-state index in [4.69, 9.17) is 11.6 Å². The van der Waals surface area contributed by atoms with Gasteiger partial charge >= 0.3 is 6.18 Å². The second-order valence-electron chi connectivity index (χ2n) is 8.57. The predicted molar refractivity (Wildman–Crippen MR) is 118 cm³/mol. The number of alkyl halides is 3. The summed E-state index contributed by atoms with van der Waals surface area (Å²) in [4.78, 5) is 28.9. The summed E-state index contributed by atoms with van der Waals surface area (Å²) in [5.41, 5.74) is -0.926. The number of halogens is 4. The lowest BCUT2D eigenvalue weighted by Gasteiger charge is -2.37. The molecule has 2 fully saturated rings. The molecule has 1 saturated carbocycles. The molecular formula is C22H30ClF3N4O2. The van der Waals surface area contributed by atoms with Crippen LogP contribution in [-0.4, -0.2) is 66.4 Å². The number of hydrogen-bond acceptors (Lipinski definition) is 4. The monoisotopic (exact) mass is 474 g/mol. The number of carbonyl (C=O) groups excluding carboxylic acids is 2. The molecule has 10 heteroatoms. The Kier molecular flexibility index (Phi) is 8.41. The number of nitrogens with one attached hydrogen (secondary N) is 2. The zero-order valence-corrected chi connectivity index (χ0v) is 18.9. The van der Waals surface area contributed by atoms with Crippen LogP contribution in [0.25, 0.3) is 0 Å². The molecule has 1 aliphatic heterocycles. The summed E-state index contributed by atoms with van der Waals surface area (Å²) in [5.74, 6) is -0.344. The summed E-state index contributed by atoms with van der Waals surface area (Å²) in [6.45, 7) is 4.46. The zero-order valence-electron chi connectivity index (χ0n) is 18.2.